The van der Waals surface area contributed by atoms with E-state index in [0.29, 0.717) is 5.88 Å². The van der Waals surface area contributed by atoms with E-state index in [1.165, 1.54) is 18.4 Å². The standard InChI is InChI=1S/C24H28N4O2/c1-17-6-5-7-19(14-17)30-23-21-16-27(15-20-9-8-18(2)29-20)13-10-22(21)25-24(26-23)28-11-3-4-12-28/h5-9,14H,3-4,10-13,15-16H2,1-2H3. The van der Waals surface area contributed by atoms with Crippen molar-refractivity contribution in [2.24, 2.45) is 0 Å². The molecule has 0 atom stereocenters. The summed E-state index contributed by atoms with van der Waals surface area (Å²) >= 11 is 0. The van der Waals surface area contributed by atoms with Gasteiger partial charge in [0, 0.05) is 32.6 Å². The van der Waals surface area contributed by atoms with Gasteiger partial charge < -0.3 is 14.1 Å². The number of aryl methyl sites for hydroxylation is 2. The molecule has 1 fully saturated rings. The number of aromatic nitrogens is 2. The molecule has 30 heavy (non-hydrogen) atoms. The van der Waals surface area contributed by atoms with Crippen LogP contribution in [-0.4, -0.2) is 34.5 Å². The second-order valence-corrected chi connectivity index (χ2v) is 8.34. The average Bonchev–Trinajstić information content (AvgIpc) is 3.40. The fourth-order valence-electron chi connectivity index (χ4n) is 4.29. The topological polar surface area (TPSA) is 54.6 Å². The molecule has 0 radical (unpaired) electrons. The van der Waals surface area contributed by atoms with E-state index in [4.69, 9.17) is 19.1 Å². The third-order valence-electron chi connectivity index (χ3n) is 5.86. The van der Waals surface area contributed by atoms with Gasteiger partial charge in [-0.05, 0) is 56.5 Å². The summed E-state index contributed by atoms with van der Waals surface area (Å²) in [7, 11) is 0. The van der Waals surface area contributed by atoms with Gasteiger partial charge in [0.15, 0.2) is 0 Å². The lowest BCUT2D eigenvalue weighted by Crippen LogP contribution is -2.32. The van der Waals surface area contributed by atoms with Crippen LogP contribution in [-0.2, 0) is 19.5 Å². The van der Waals surface area contributed by atoms with Crippen molar-refractivity contribution >= 4 is 5.95 Å². The molecule has 2 aromatic heterocycles. The molecule has 0 spiro atoms. The molecule has 5 rings (SSSR count). The van der Waals surface area contributed by atoms with E-state index < -0.39 is 0 Å². The molecule has 0 N–H and O–H groups in total. The second kappa shape index (κ2) is 8.11. The molecule has 4 heterocycles. The Hall–Kier alpha value is -2.86. The van der Waals surface area contributed by atoms with Gasteiger partial charge >= 0.3 is 0 Å². The molecular formula is C24H28N4O2. The highest BCUT2D eigenvalue weighted by Crippen LogP contribution is 2.33. The summed E-state index contributed by atoms with van der Waals surface area (Å²) < 4.78 is 12.1. The summed E-state index contributed by atoms with van der Waals surface area (Å²) in [4.78, 5) is 14.5. The van der Waals surface area contributed by atoms with Gasteiger partial charge in [-0.15, -0.1) is 0 Å². The van der Waals surface area contributed by atoms with Crippen LogP contribution in [0.5, 0.6) is 11.6 Å². The third kappa shape index (κ3) is 4.05. The van der Waals surface area contributed by atoms with E-state index >= 15 is 0 Å². The van der Waals surface area contributed by atoms with Crippen LogP contribution in [0.4, 0.5) is 5.95 Å². The maximum absolute atomic E-state index is 6.33. The smallest absolute Gasteiger partial charge is 0.228 e. The molecule has 2 aliphatic rings. The summed E-state index contributed by atoms with van der Waals surface area (Å²) in [5.41, 5.74) is 3.38. The van der Waals surface area contributed by atoms with Gasteiger partial charge in [0.2, 0.25) is 11.8 Å². The Morgan fingerprint density at radius 1 is 1.03 bits per heavy atom. The Morgan fingerprint density at radius 2 is 1.90 bits per heavy atom. The van der Waals surface area contributed by atoms with Gasteiger partial charge in [-0.1, -0.05) is 12.1 Å². The lowest BCUT2D eigenvalue weighted by atomic mass is 10.1. The molecule has 0 amide bonds. The number of anilines is 1. The molecule has 156 valence electrons. The van der Waals surface area contributed by atoms with Crippen molar-refractivity contribution in [1.29, 1.82) is 0 Å². The van der Waals surface area contributed by atoms with E-state index in [1.807, 2.05) is 25.1 Å². The van der Waals surface area contributed by atoms with Crippen LogP contribution in [0.3, 0.4) is 0 Å². The Bertz CT molecular complexity index is 1040. The fraction of sp³-hybridized carbons (Fsp3) is 0.417. The fourth-order valence-corrected chi connectivity index (χ4v) is 4.29. The molecular weight excluding hydrogens is 376 g/mol. The first-order chi connectivity index (χ1) is 14.6. The zero-order chi connectivity index (χ0) is 20.5. The van der Waals surface area contributed by atoms with Crippen molar-refractivity contribution in [2.75, 3.05) is 24.5 Å². The van der Waals surface area contributed by atoms with E-state index in [0.717, 1.165) is 73.6 Å². The highest BCUT2D eigenvalue weighted by molar-refractivity contribution is 5.44. The zero-order valence-corrected chi connectivity index (χ0v) is 17.7. The van der Waals surface area contributed by atoms with Crippen molar-refractivity contribution in [2.45, 2.75) is 46.2 Å². The first-order valence-electron chi connectivity index (χ1n) is 10.8. The average molecular weight is 405 g/mol. The molecule has 0 bridgehead atoms. The van der Waals surface area contributed by atoms with Gasteiger partial charge in [-0.3, -0.25) is 4.90 Å². The lowest BCUT2D eigenvalue weighted by Gasteiger charge is -2.29. The molecule has 0 aliphatic carbocycles. The first kappa shape index (κ1) is 19.1. The Kier molecular flexibility index (Phi) is 5.17. The number of ether oxygens (including phenoxy) is 1. The molecule has 1 aromatic carbocycles. The number of hydrogen-bond donors (Lipinski definition) is 0. The van der Waals surface area contributed by atoms with Gasteiger partial charge in [0.05, 0.1) is 17.8 Å². The van der Waals surface area contributed by atoms with E-state index in [9.17, 15) is 0 Å². The second-order valence-electron chi connectivity index (χ2n) is 8.34. The van der Waals surface area contributed by atoms with Gasteiger partial charge in [-0.2, -0.15) is 4.98 Å². The maximum atomic E-state index is 6.33. The van der Waals surface area contributed by atoms with Gasteiger partial charge in [0.1, 0.15) is 17.3 Å². The quantitative estimate of drug-likeness (QED) is 0.618. The monoisotopic (exact) mass is 404 g/mol. The Labute approximate surface area is 177 Å². The molecule has 6 nitrogen and oxygen atoms in total. The summed E-state index contributed by atoms with van der Waals surface area (Å²) in [5, 5.41) is 0. The van der Waals surface area contributed by atoms with E-state index in [-0.39, 0.29) is 0 Å². The summed E-state index contributed by atoms with van der Waals surface area (Å²) in [6.07, 6.45) is 3.29. The Balaban J connectivity index is 1.46. The maximum Gasteiger partial charge on any atom is 0.228 e. The minimum absolute atomic E-state index is 0.688. The third-order valence-corrected chi connectivity index (χ3v) is 5.86. The lowest BCUT2D eigenvalue weighted by molar-refractivity contribution is 0.218. The summed E-state index contributed by atoms with van der Waals surface area (Å²) in [6, 6.07) is 12.2. The summed E-state index contributed by atoms with van der Waals surface area (Å²) in [5.74, 6) is 4.26. The molecule has 3 aromatic rings. The van der Waals surface area contributed by atoms with Crippen molar-refractivity contribution in [3.63, 3.8) is 0 Å². The van der Waals surface area contributed by atoms with Gasteiger partial charge in [-0.25, -0.2) is 4.98 Å². The van der Waals surface area contributed by atoms with Crippen molar-refractivity contribution < 1.29 is 9.15 Å². The van der Waals surface area contributed by atoms with Crippen LogP contribution in [0.1, 0.15) is 41.2 Å². The van der Waals surface area contributed by atoms with Crippen LogP contribution >= 0.6 is 0 Å². The zero-order valence-electron chi connectivity index (χ0n) is 17.7. The highest BCUT2D eigenvalue weighted by Gasteiger charge is 2.26. The molecule has 2 aliphatic heterocycles. The van der Waals surface area contributed by atoms with Crippen molar-refractivity contribution in [1.82, 2.24) is 14.9 Å². The van der Waals surface area contributed by atoms with Crippen molar-refractivity contribution in [3.8, 4) is 11.6 Å². The number of fused-ring (bicyclic) bond motifs is 1. The van der Waals surface area contributed by atoms with Crippen LogP contribution in [0.15, 0.2) is 40.8 Å². The SMILES string of the molecule is Cc1cccc(Oc2nc(N3CCCC3)nc3c2CN(Cc2ccc(C)o2)CC3)c1. The Morgan fingerprint density at radius 3 is 2.67 bits per heavy atom. The van der Waals surface area contributed by atoms with Crippen LogP contribution in [0.2, 0.25) is 0 Å². The minimum atomic E-state index is 0.688. The minimum Gasteiger partial charge on any atom is -0.465 e. The van der Waals surface area contributed by atoms with Gasteiger partial charge in [0.25, 0.3) is 0 Å². The van der Waals surface area contributed by atoms with Crippen molar-refractivity contribution in [3.05, 3.63) is 64.7 Å². The van der Waals surface area contributed by atoms with Crippen LogP contribution in [0, 0.1) is 13.8 Å². The first-order valence-corrected chi connectivity index (χ1v) is 10.8. The largest absolute Gasteiger partial charge is 0.465 e. The highest BCUT2D eigenvalue weighted by atomic mass is 16.5. The number of benzene rings is 1. The van der Waals surface area contributed by atoms with Crippen LogP contribution in [0.25, 0.3) is 0 Å². The molecule has 1 saturated heterocycles. The number of nitrogens with zero attached hydrogens (tertiary/aromatic N) is 4. The predicted molar refractivity (Wildman–Crippen MR) is 116 cm³/mol. The van der Waals surface area contributed by atoms with E-state index in [1.54, 1.807) is 0 Å². The normalized spacial score (nSPS) is 16.7. The molecule has 6 heteroatoms. The number of furan rings is 1. The molecule has 0 saturated carbocycles. The number of hydrogen-bond acceptors (Lipinski definition) is 6. The number of rotatable bonds is 5. The predicted octanol–water partition coefficient (Wildman–Crippen LogP) is 4.64. The van der Waals surface area contributed by atoms with E-state index in [2.05, 4.69) is 34.9 Å². The summed E-state index contributed by atoms with van der Waals surface area (Å²) in [6.45, 7) is 8.59. The van der Waals surface area contributed by atoms with Crippen LogP contribution < -0.4 is 9.64 Å². The molecule has 0 unspecified atom stereocenters.